The van der Waals surface area contributed by atoms with Crippen LogP contribution < -0.4 is 4.90 Å². The number of aromatic hydroxyl groups is 1. The van der Waals surface area contributed by atoms with Crippen LogP contribution >= 0.6 is 0 Å². The standard InChI is InChI=1S/C30H50O2.C27H46O.C24H21F2NO3/c1-7-28(31)32-23-15-17-29(5)22(19-23)11-12-24-26-14-13-25(21(4)10-8-9-20(2)3)30(26,6)18-16-27(24)29;1-18(2)7-6-8-19(3)23-11-12-24-22-10-9-20-17-21(28)13-15-26(20,4)25(22)14-16-27(23,24)5;25-17-5-1-15(2-6-17)22(29)14-13-21-23(16-3-11-20(28)12-4-16)27(24(21)30)19-9-7-18(26)8-10-19/h11,20-21,23-27H,7-10,12-19H2,1-6H3;9,18-19,21-25,28H,6-8,10-17H2,1-5H3;1-12,21-23,28-29H,13-14H2/t21-,23+,24+,25?,26+,27?,29?,30?;19-,21+,22+,23?,24+,25?,26?,27?;21-,22+,23-/m111/s1. The quantitative estimate of drug-likeness (QED) is 0.0665. The van der Waals surface area contributed by atoms with Crippen molar-refractivity contribution in [2.75, 3.05) is 4.90 Å². The summed E-state index contributed by atoms with van der Waals surface area (Å²) in [6.45, 7) is 27.0. The Morgan fingerprint density at radius 3 is 1.62 bits per heavy atom. The Labute approximate surface area is 542 Å². The molecule has 7 fully saturated rings. The Hall–Kier alpha value is -4.34. The van der Waals surface area contributed by atoms with Crippen LogP contribution in [0.1, 0.15) is 260 Å². The Morgan fingerprint density at radius 1 is 0.611 bits per heavy atom. The second-order valence-corrected chi connectivity index (χ2v) is 32.7. The van der Waals surface area contributed by atoms with Crippen LogP contribution in [0.15, 0.2) is 96.1 Å². The summed E-state index contributed by atoms with van der Waals surface area (Å²) in [5.74, 6) is 9.63. The molecule has 1 saturated heterocycles. The number of esters is 1. The van der Waals surface area contributed by atoms with E-state index >= 15 is 0 Å². The lowest BCUT2D eigenvalue weighted by molar-refractivity contribution is -0.151. The molecule has 0 bridgehead atoms. The number of anilines is 1. The molecule has 0 aromatic heterocycles. The normalized spacial score (nSPS) is 35.9. The maximum atomic E-state index is 13.3. The number of hydrogen-bond acceptors (Lipinski definition) is 6. The second-order valence-electron chi connectivity index (χ2n) is 32.7. The summed E-state index contributed by atoms with van der Waals surface area (Å²) in [6.07, 6.45) is 34.9. The lowest BCUT2D eigenvalue weighted by Crippen LogP contribution is -2.55. The molecule has 7 nitrogen and oxygen atoms in total. The number of aliphatic hydroxyl groups excluding tert-OH is 2. The van der Waals surface area contributed by atoms with E-state index in [-0.39, 0.29) is 53.4 Å². The highest BCUT2D eigenvalue weighted by molar-refractivity contribution is 6.03. The number of phenols is 1. The summed E-state index contributed by atoms with van der Waals surface area (Å²) in [6, 6.07) is 17.7. The number of halogens is 2. The lowest BCUT2D eigenvalue weighted by atomic mass is 9.47. The number of β-lactam (4-membered cyclic amide) rings is 1. The van der Waals surface area contributed by atoms with Gasteiger partial charge < -0.3 is 25.0 Å². The fourth-order valence-corrected chi connectivity index (χ4v) is 21.6. The number of amides is 1. The van der Waals surface area contributed by atoms with Gasteiger partial charge in [-0.2, -0.15) is 0 Å². The van der Waals surface area contributed by atoms with E-state index in [1.807, 2.05) is 6.92 Å². The van der Waals surface area contributed by atoms with Crippen LogP contribution in [0.4, 0.5) is 14.5 Å². The molecule has 12 rings (SSSR count). The van der Waals surface area contributed by atoms with Crippen molar-refractivity contribution in [2.24, 2.45) is 98.6 Å². The van der Waals surface area contributed by atoms with Gasteiger partial charge in [0.1, 0.15) is 23.5 Å². The molecule has 496 valence electrons. The summed E-state index contributed by atoms with van der Waals surface area (Å²) in [5.41, 5.74) is 7.17. The third-order valence-electron chi connectivity index (χ3n) is 26.7. The molecule has 3 aromatic rings. The molecule has 1 amide bonds. The molecule has 0 radical (unpaired) electrons. The van der Waals surface area contributed by atoms with Crippen molar-refractivity contribution in [2.45, 2.75) is 261 Å². The van der Waals surface area contributed by atoms with Gasteiger partial charge in [-0.3, -0.25) is 9.59 Å². The van der Waals surface area contributed by atoms with Gasteiger partial charge in [-0.25, -0.2) is 8.78 Å². The first-order chi connectivity index (χ1) is 42.9. The Balaban J connectivity index is 0.000000149. The lowest BCUT2D eigenvalue weighted by Gasteiger charge is -2.58. The van der Waals surface area contributed by atoms with Crippen molar-refractivity contribution in [1.29, 1.82) is 0 Å². The highest BCUT2D eigenvalue weighted by atomic mass is 19.1. The largest absolute Gasteiger partial charge is 0.508 e. The first-order valence-electron chi connectivity index (χ1n) is 36.5. The molecular formula is C81H117F2NO6. The zero-order valence-electron chi connectivity index (χ0n) is 57.3. The molecule has 8 aliphatic carbocycles. The van der Waals surface area contributed by atoms with Gasteiger partial charge in [-0.1, -0.05) is 162 Å². The number of carbonyl (C=O) groups is 2. The molecule has 19 atom stereocenters. The smallest absolute Gasteiger partial charge is 0.305 e. The number of rotatable bonds is 18. The molecule has 6 saturated carbocycles. The average molecular weight is 1240 g/mol. The summed E-state index contributed by atoms with van der Waals surface area (Å²) in [4.78, 5) is 26.4. The highest BCUT2D eigenvalue weighted by Crippen LogP contribution is 2.69. The van der Waals surface area contributed by atoms with Gasteiger partial charge in [0.25, 0.3) is 0 Å². The van der Waals surface area contributed by atoms with Crippen molar-refractivity contribution in [3.63, 3.8) is 0 Å². The maximum absolute atomic E-state index is 13.3. The van der Waals surface area contributed by atoms with Crippen LogP contribution in [0.2, 0.25) is 0 Å². The van der Waals surface area contributed by atoms with Crippen LogP contribution in [0.5, 0.6) is 5.75 Å². The van der Waals surface area contributed by atoms with Crippen LogP contribution in [0, 0.1) is 110 Å². The Bertz CT molecular complexity index is 2940. The number of ether oxygens (including phenoxy) is 1. The number of aliphatic hydroxyl groups is 2. The van der Waals surface area contributed by atoms with E-state index in [1.54, 1.807) is 52.4 Å². The third kappa shape index (κ3) is 14.2. The SMILES string of the molecule is CC(C)CCC[C@@H](C)C1CC[C@H]2[C@@H]3CC=C4C[C@@H](O)CCC4(C)C3CCC12C.CCC(=O)O[C@H]1CCC2(C)C(=CC[C@@H]3C2CCC2(C)C([C@H](C)CCCC(C)C)CC[C@@H]32)C1.O=C1[C@H](CC[C@H](O)c2ccc(F)cc2)[C@@H](c2ccc(O)cc2)N1c1ccc(F)cc1. The van der Waals surface area contributed by atoms with Gasteiger partial charge in [0.05, 0.1) is 24.2 Å². The first kappa shape index (κ1) is 68.5. The van der Waals surface area contributed by atoms with E-state index in [9.17, 15) is 33.7 Å². The topological polar surface area (TPSA) is 107 Å². The molecule has 9 heteroatoms. The van der Waals surface area contributed by atoms with Gasteiger partial charge in [0.15, 0.2) is 0 Å². The molecule has 1 aliphatic heterocycles. The molecule has 3 N–H and O–H groups in total. The van der Waals surface area contributed by atoms with Gasteiger partial charge in [-0.15, -0.1) is 0 Å². The number of hydrogen-bond donors (Lipinski definition) is 3. The van der Waals surface area contributed by atoms with E-state index in [0.717, 1.165) is 102 Å². The number of nitrogens with zero attached hydrogens (tertiary/aromatic N) is 1. The third-order valence-corrected chi connectivity index (χ3v) is 26.7. The Kier molecular flexibility index (Phi) is 21.9. The van der Waals surface area contributed by atoms with E-state index in [0.29, 0.717) is 52.2 Å². The fourth-order valence-electron chi connectivity index (χ4n) is 21.6. The van der Waals surface area contributed by atoms with E-state index in [4.69, 9.17) is 4.74 Å². The van der Waals surface area contributed by atoms with E-state index in [2.05, 4.69) is 81.4 Å². The van der Waals surface area contributed by atoms with Crippen molar-refractivity contribution in [3.8, 4) is 5.75 Å². The minimum absolute atomic E-state index is 0.0270. The van der Waals surface area contributed by atoms with Crippen LogP contribution in [-0.4, -0.2) is 39.4 Å². The molecule has 0 spiro atoms. The van der Waals surface area contributed by atoms with Crippen molar-refractivity contribution >= 4 is 17.6 Å². The zero-order chi connectivity index (χ0) is 64.5. The summed E-state index contributed by atoms with van der Waals surface area (Å²) < 4.78 is 32.2. The fraction of sp³-hybridized carbons (Fsp3) is 0.704. The van der Waals surface area contributed by atoms with Crippen LogP contribution in [0.25, 0.3) is 0 Å². The van der Waals surface area contributed by atoms with Crippen molar-refractivity contribution in [3.05, 3.63) is 119 Å². The monoisotopic (exact) mass is 1240 g/mol. The predicted octanol–water partition coefficient (Wildman–Crippen LogP) is 20.6. The van der Waals surface area contributed by atoms with Crippen LogP contribution in [-0.2, 0) is 14.3 Å². The molecule has 8 unspecified atom stereocenters. The first-order valence-corrected chi connectivity index (χ1v) is 36.5. The van der Waals surface area contributed by atoms with Gasteiger partial charge in [-0.05, 0) is 261 Å². The minimum atomic E-state index is -0.807. The molecule has 3 aromatic carbocycles. The van der Waals surface area contributed by atoms with Crippen molar-refractivity contribution in [1.82, 2.24) is 0 Å². The van der Waals surface area contributed by atoms with Crippen molar-refractivity contribution < 1.29 is 38.4 Å². The summed E-state index contributed by atoms with van der Waals surface area (Å²) in [7, 11) is 0. The zero-order valence-corrected chi connectivity index (χ0v) is 57.3. The number of allylic oxidation sites excluding steroid dienone is 2. The maximum Gasteiger partial charge on any atom is 0.305 e. The summed E-state index contributed by atoms with van der Waals surface area (Å²) >= 11 is 0. The Morgan fingerprint density at radius 2 is 1.11 bits per heavy atom. The van der Waals surface area contributed by atoms with Gasteiger partial charge >= 0.3 is 5.97 Å². The van der Waals surface area contributed by atoms with Crippen LogP contribution in [0.3, 0.4) is 0 Å². The highest BCUT2D eigenvalue weighted by Gasteiger charge is 2.61. The summed E-state index contributed by atoms with van der Waals surface area (Å²) in [5, 5.41) is 30.3. The number of benzene rings is 3. The molecule has 9 aliphatic rings. The minimum Gasteiger partial charge on any atom is -0.508 e. The molecule has 90 heavy (non-hydrogen) atoms. The van der Waals surface area contributed by atoms with Gasteiger partial charge in [0, 0.05) is 18.5 Å². The van der Waals surface area contributed by atoms with E-state index < -0.39 is 6.10 Å². The van der Waals surface area contributed by atoms with Gasteiger partial charge in [0.2, 0.25) is 5.91 Å². The van der Waals surface area contributed by atoms with E-state index in [1.165, 1.54) is 152 Å². The number of carbonyl (C=O) groups excluding carboxylic acids is 2. The molecule has 1 heterocycles. The second kappa shape index (κ2) is 28.7. The number of fused-ring (bicyclic) bond motifs is 10. The molecular weight excluding hydrogens is 1120 g/mol. The number of phenolic OH excluding ortho intramolecular Hbond substituents is 1. The average Bonchev–Trinajstić information content (AvgIpc) is 1.36. The predicted molar refractivity (Wildman–Crippen MR) is 361 cm³/mol.